The zero-order chi connectivity index (χ0) is 9.68. The van der Waals surface area contributed by atoms with Gasteiger partial charge in [0.05, 0.1) is 18.6 Å². The van der Waals surface area contributed by atoms with Crippen LogP contribution < -0.4 is 5.32 Å². The first-order valence-electron chi connectivity index (χ1n) is 4.38. The molecule has 70 valence electrons. The minimum Gasteiger partial charge on any atom is -0.333 e. The van der Waals surface area contributed by atoms with Crippen LogP contribution in [0, 0.1) is 26.2 Å². The number of nitrogens with one attached hydrogen (secondary N) is 1. The van der Waals surface area contributed by atoms with Crippen LogP contribution in [-0.4, -0.2) is 22.6 Å². The lowest BCUT2D eigenvalue weighted by Crippen LogP contribution is -2.20. The largest absolute Gasteiger partial charge is 0.333 e. The molecule has 0 bridgehead atoms. The summed E-state index contributed by atoms with van der Waals surface area (Å²) >= 11 is 0. The van der Waals surface area contributed by atoms with Gasteiger partial charge in [0.2, 0.25) is 0 Å². The second kappa shape index (κ2) is 4.68. The Hall–Kier alpha value is -1.27. The van der Waals surface area contributed by atoms with E-state index in [2.05, 4.69) is 27.7 Å². The second-order valence-corrected chi connectivity index (χ2v) is 2.99. The Morgan fingerprint density at radius 3 is 2.92 bits per heavy atom. The highest BCUT2D eigenvalue weighted by atomic mass is 15.1. The summed E-state index contributed by atoms with van der Waals surface area (Å²) in [5, 5.41) is 3.14. The van der Waals surface area contributed by atoms with Crippen molar-refractivity contribution in [3.63, 3.8) is 0 Å². The maximum absolute atomic E-state index is 5.11. The zero-order valence-corrected chi connectivity index (χ0v) is 8.17. The van der Waals surface area contributed by atoms with E-state index in [0.717, 1.165) is 18.8 Å². The van der Waals surface area contributed by atoms with E-state index in [1.807, 2.05) is 13.3 Å². The molecule has 0 saturated heterocycles. The van der Waals surface area contributed by atoms with Gasteiger partial charge in [-0.1, -0.05) is 5.92 Å². The second-order valence-electron chi connectivity index (χ2n) is 2.99. The van der Waals surface area contributed by atoms with E-state index in [1.165, 1.54) is 5.69 Å². The van der Waals surface area contributed by atoms with E-state index < -0.39 is 0 Å². The molecular formula is C10H15N3. The molecule has 0 spiro atoms. The van der Waals surface area contributed by atoms with Gasteiger partial charge < -0.3 is 9.88 Å². The average Bonchev–Trinajstić information content (AvgIpc) is 2.43. The first-order chi connectivity index (χ1) is 6.25. The summed E-state index contributed by atoms with van der Waals surface area (Å²) < 4.78 is 2.12. The molecule has 1 heterocycles. The topological polar surface area (TPSA) is 29.9 Å². The number of imidazole rings is 1. The van der Waals surface area contributed by atoms with E-state index in [9.17, 15) is 0 Å². The lowest BCUT2D eigenvalue weighted by molar-refractivity contribution is 0.617. The molecule has 0 radical (unpaired) electrons. The van der Waals surface area contributed by atoms with E-state index in [-0.39, 0.29) is 0 Å². The molecule has 0 saturated carbocycles. The minimum absolute atomic E-state index is 0.632. The quantitative estimate of drug-likeness (QED) is 0.542. The van der Waals surface area contributed by atoms with Crippen LogP contribution in [0.25, 0.3) is 0 Å². The van der Waals surface area contributed by atoms with Gasteiger partial charge in [-0.2, -0.15) is 0 Å². The summed E-state index contributed by atoms with van der Waals surface area (Å²) in [6, 6.07) is 0. The van der Waals surface area contributed by atoms with Crippen LogP contribution in [0.15, 0.2) is 6.33 Å². The standard InChI is InChI=1S/C10H15N3/c1-4-5-11-6-7-13-8-12-9(2)10(13)3/h1,8,11H,5-7H2,2-3H3. The maximum atomic E-state index is 5.11. The molecule has 3 heteroatoms. The molecule has 0 aliphatic heterocycles. The number of aromatic nitrogens is 2. The fourth-order valence-electron chi connectivity index (χ4n) is 1.13. The molecule has 3 nitrogen and oxygen atoms in total. The van der Waals surface area contributed by atoms with Crippen LogP contribution in [0.5, 0.6) is 0 Å². The highest BCUT2D eigenvalue weighted by Crippen LogP contribution is 2.02. The fourth-order valence-corrected chi connectivity index (χ4v) is 1.13. The number of nitrogens with zero attached hydrogens (tertiary/aromatic N) is 2. The third kappa shape index (κ3) is 2.60. The molecule has 0 amide bonds. The molecule has 0 fully saturated rings. The van der Waals surface area contributed by atoms with Crippen LogP contribution in [0.1, 0.15) is 11.4 Å². The van der Waals surface area contributed by atoms with Crippen LogP contribution in [0.2, 0.25) is 0 Å². The van der Waals surface area contributed by atoms with Gasteiger partial charge in [-0.3, -0.25) is 0 Å². The molecule has 0 aliphatic rings. The van der Waals surface area contributed by atoms with Crippen molar-refractivity contribution in [3.8, 4) is 12.3 Å². The Morgan fingerprint density at radius 2 is 2.38 bits per heavy atom. The number of hydrogen-bond acceptors (Lipinski definition) is 2. The summed E-state index contributed by atoms with van der Waals surface area (Å²) in [7, 11) is 0. The molecule has 0 atom stereocenters. The van der Waals surface area contributed by atoms with E-state index in [0.29, 0.717) is 6.54 Å². The van der Waals surface area contributed by atoms with Crippen LogP contribution in [0.4, 0.5) is 0 Å². The van der Waals surface area contributed by atoms with Crippen molar-refractivity contribution in [2.45, 2.75) is 20.4 Å². The van der Waals surface area contributed by atoms with Crippen LogP contribution in [-0.2, 0) is 6.54 Å². The summed E-state index contributed by atoms with van der Waals surface area (Å²) in [5.74, 6) is 2.54. The third-order valence-electron chi connectivity index (χ3n) is 2.10. The Labute approximate surface area is 79.2 Å². The molecule has 1 aromatic heterocycles. The highest BCUT2D eigenvalue weighted by molar-refractivity contribution is 5.08. The van der Waals surface area contributed by atoms with Crippen molar-refractivity contribution < 1.29 is 0 Å². The van der Waals surface area contributed by atoms with Crippen molar-refractivity contribution >= 4 is 0 Å². The molecule has 0 aromatic carbocycles. The van der Waals surface area contributed by atoms with Gasteiger partial charge in [0.25, 0.3) is 0 Å². The minimum atomic E-state index is 0.632. The van der Waals surface area contributed by atoms with Gasteiger partial charge >= 0.3 is 0 Å². The van der Waals surface area contributed by atoms with Gasteiger partial charge in [0.1, 0.15) is 0 Å². The van der Waals surface area contributed by atoms with Crippen LogP contribution in [0.3, 0.4) is 0 Å². The van der Waals surface area contributed by atoms with Gasteiger partial charge in [-0.05, 0) is 13.8 Å². The van der Waals surface area contributed by atoms with Gasteiger partial charge in [0.15, 0.2) is 0 Å². The molecule has 0 unspecified atom stereocenters. The molecule has 13 heavy (non-hydrogen) atoms. The number of terminal acetylenes is 1. The molecular weight excluding hydrogens is 162 g/mol. The van der Waals surface area contributed by atoms with Crippen molar-refractivity contribution in [2.75, 3.05) is 13.1 Å². The van der Waals surface area contributed by atoms with Crippen molar-refractivity contribution in [2.24, 2.45) is 0 Å². The monoisotopic (exact) mass is 177 g/mol. The van der Waals surface area contributed by atoms with Gasteiger partial charge in [-0.15, -0.1) is 6.42 Å². The molecule has 1 aromatic rings. The SMILES string of the molecule is C#CCNCCn1cnc(C)c1C. The van der Waals surface area contributed by atoms with Crippen LogP contribution >= 0.6 is 0 Å². The van der Waals surface area contributed by atoms with E-state index in [1.54, 1.807) is 0 Å². The smallest absolute Gasteiger partial charge is 0.0951 e. The Morgan fingerprint density at radius 1 is 1.62 bits per heavy atom. The van der Waals surface area contributed by atoms with Crippen molar-refractivity contribution in [1.29, 1.82) is 0 Å². The normalized spacial score (nSPS) is 9.92. The van der Waals surface area contributed by atoms with Gasteiger partial charge in [0, 0.05) is 18.8 Å². The third-order valence-corrected chi connectivity index (χ3v) is 2.10. The maximum Gasteiger partial charge on any atom is 0.0951 e. The summed E-state index contributed by atoms with van der Waals surface area (Å²) in [5.41, 5.74) is 2.32. The number of rotatable bonds is 4. The summed E-state index contributed by atoms with van der Waals surface area (Å²) in [6.45, 7) is 6.53. The van der Waals surface area contributed by atoms with E-state index in [4.69, 9.17) is 6.42 Å². The predicted molar refractivity (Wildman–Crippen MR) is 53.4 cm³/mol. The van der Waals surface area contributed by atoms with Crippen molar-refractivity contribution in [3.05, 3.63) is 17.7 Å². The van der Waals surface area contributed by atoms with Gasteiger partial charge in [-0.25, -0.2) is 4.98 Å². The molecule has 0 aliphatic carbocycles. The highest BCUT2D eigenvalue weighted by Gasteiger charge is 1.99. The summed E-state index contributed by atoms with van der Waals surface area (Å²) in [6.07, 6.45) is 6.97. The Bertz CT molecular complexity index is 306. The van der Waals surface area contributed by atoms with Crippen molar-refractivity contribution in [1.82, 2.24) is 14.9 Å². The number of hydrogen-bond donors (Lipinski definition) is 1. The molecule has 1 N–H and O–H groups in total. The van der Waals surface area contributed by atoms with E-state index >= 15 is 0 Å². The first kappa shape index (κ1) is 9.82. The Kier molecular flexibility index (Phi) is 3.53. The predicted octanol–water partition coefficient (Wildman–Crippen LogP) is 0.723. The molecule has 1 rings (SSSR count). The average molecular weight is 177 g/mol. The first-order valence-corrected chi connectivity index (χ1v) is 4.38. The summed E-state index contributed by atoms with van der Waals surface area (Å²) in [4.78, 5) is 4.21. The Balaban J connectivity index is 2.38. The lowest BCUT2D eigenvalue weighted by Gasteiger charge is -2.04. The fraction of sp³-hybridized carbons (Fsp3) is 0.500. The lowest BCUT2D eigenvalue weighted by atomic mass is 10.4. The number of aryl methyl sites for hydroxylation is 1. The zero-order valence-electron chi connectivity index (χ0n) is 8.17.